The Morgan fingerprint density at radius 1 is 0.848 bits per heavy atom. The van der Waals surface area contributed by atoms with Crippen molar-refractivity contribution in [3.8, 4) is 5.75 Å². The predicted molar refractivity (Wildman–Crippen MR) is 117 cm³/mol. The zero-order valence-corrected chi connectivity index (χ0v) is 17.2. The molecule has 2 aliphatic heterocycles. The number of carbonyl (C=O) groups is 4. The predicted octanol–water partition coefficient (Wildman–Crippen LogP) is 3.58. The minimum Gasteiger partial charge on any atom is -0.426 e. The maximum atomic E-state index is 13.2. The Kier molecular flexibility index (Phi) is 4.97. The van der Waals surface area contributed by atoms with Crippen LogP contribution in [0.2, 0.25) is 0 Å². The van der Waals surface area contributed by atoms with Crippen molar-refractivity contribution >= 4 is 35.1 Å². The molecule has 1 saturated heterocycles. The lowest BCUT2D eigenvalue weighted by atomic mass is 10.1. The second-order valence-corrected chi connectivity index (χ2v) is 7.79. The third-order valence-electron chi connectivity index (χ3n) is 5.68. The number of esters is 1. The summed E-state index contributed by atoms with van der Waals surface area (Å²) in [4.78, 5) is 53.0. The summed E-state index contributed by atoms with van der Waals surface area (Å²) in [5.41, 5.74) is 1.41. The molecule has 5 rings (SSSR count). The van der Waals surface area contributed by atoms with Gasteiger partial charge in [-0.05, 0) is 48.5 Å². The van der Waals surface area contributed by atoms with E-state index in [1.807, 2.05) is 0 Å². The summed E-state index contributed by atoms with van der Waals surface area (Å²) in [6, 6.07) is 18.1. The second kappa shape index (κ2) is 7.98. The number of hydrogen-bond acceptors (Lipinski definition) is 5. The molecule has 0 bridgehead atoms. The van der Waals surface area contributed by atoms with Crippen molar-refractivity contribution in [1.82, 2.24) is 0 Å². The summed E-state index contributed by atoms with van der Waals surface area (Å²) in [5.74, 6) is -2.73. The molecule has 7 nitrogen and oxygen atoms in total. The number of anilines is 2. The molecule has 2 heterocycles. The molecule has 0 spiro atoms. The maximum Gasteiger partial charge on any atom is 0.316 e. The van der Waals surface area contributed by atoms with Gasteiger partial charge >= 0.3 is 5.97 Å². The van der Waals surface area contributed by atoms with E-state index in [1.54, 1.807) is 36.4 Å². The van der Waals surface area contributed by atoms with Crippen LogP contribution in [-0.4, -0.2) is 30.2 Å². The van der Waals surface area contributed by atoms with Crippen LogP contribution in [0.25, 0.3) is 0 Å². The van der Waals surface area contributed by atoms with Gasteiger partial charge in [-0.15, -0.1) is 0 Å². The van der Waals surface area contributed by atoms with Crippen LogP contribution >= 0.6 is 0 Å². The molecule has 3 amide bonds. The summed E-state index contributed by atoms with van der Waals surface area (Å²) >= 11 is 0. The number of nitrogens with zero attached hydrogens (tertiary/aromatic N) is 2. The fraction of sp³-hybridized carbons (Fsp3) is 0.120. The van der Waals surface area contributed by atoms with E-state index in [9.17, 15) is 23.6 Å². The van der Waals surface area contributed by atoms with Crippen molar-refractivity contribution in [2.75, 3.05) is 16.3 Å². The Bertz CT molecular complexity index is 1270. The molecular weight excluding hydrogens is 427 g/mol. The summed E-state index contributed by atoms with van der Waals surface area (Å²) < 4.78 is 18.6. The van der Waals surface area contributed by atoms with Gasteiger partial charge in [-0.25, -0.2) is 9.29 Å². The number of fused-ring (bicyclic) bond motifs is 1. The summed E-state index contributed by atoms with van der Waals surface area (Å²) in [7, 11) is 0. The Labute approximate surface area is 188 Å². The highest BCUT2D eigenvalue weighted by Crippen LogP contribution is 2.31. The lowest BCUT2D eigenvalue weighted by molar-refractivity contribution is -0.139. The number of imide groups is 1. The molecule has 0 saturated carbocycles. The number of hydrogen-bond donors (Lipinski definition) is 0. The molecule has 164 valence electrons. The Morgan fingerprint density at radius 2 is 1.52 bits per heavy atom. The largest absolute Gasteiger partial charge is 0.426 e. The van der Waals surface area contributed by atoms with Crippen molar-refractivity contribution in [2.45, 2.75) is 6.42 Å². The normalized spacial score (nSPS) is 17.5. The molecule has 0 N–H and O–H groups in total. The van der Waals surface area contributed by atoms with Gasteiger partial charge in [0.2, 0.25) is 5.91 Å². The van der Waals surface area contributed by atoms with Crippen molar-refractivity contribution < 1.29 is 28.3 Å². The molecule has 0 aromatic heterocycles. The van der Waals surface area contributed by atoms with Crippen LogP contribution in [0.5, 0.6) is 5.75 Å². The summed E-state index contributed by atoms with van der Waals surface area (Å²) in [6.45, 7) is 0.112. The van der Waals surface area contributed by atoms with E-state index in [-0.39, 0.29) is 30.3 Å². The number of rotatable bonds is 4. The number of amides is 3. The molecular formula is C25H17FN2O5. The smallest absolute Gasteiger partial charge is 0.316 e. The highest BCUT2D eigenvalue weighted by Gasteiger charge is 2.38. The molecule has 0 radical (unpaired) electrons. The lowest BCUT2D eigenvalue weighted by Gasteiger charge is -2.17. The number of benzene rings is 3. The van der Waals surface area contributed by atoms with Gasteiger partial charge in [0, 0.05) is 24.7 Å². The van der Waals surface area contributed by atoms with E-state index in [0.717, 1.165) is 4.90 Å². The molecule has 1 atom stereocenters. The molecule has 33 heavy (non-hydrogen) atoms. The van der Waals surface area contributed by atoms with Crippen molar-refractivity contribution in [1.29, 1.82) is 0 Å². The van der Waals surface area contributed by atoms with Crippen molar-refractivity contribution in [3.63, 3.8) is 0 Å². The number of ether oxygens (including phenoxy) is 1. The van der Waals surface area contributed by atoms with Gasteiger partial charge in [0.15, 0.2) is 0 Å². The van der Waals surface area contributed by atoms with E-state index >= 15 is 0 Å². The van der Waals surface area contributed by atoms with E-state index in [2.05, 4.69) is 0 Å². The molecule has 3 aromatic rings. The molecule has 2 aliphatic rings. The van der Waals surface area contributed by atoms with Crippen LogP contribution in [0.15, 0.2) is 72.8 Å². The molecule has 1 fully saturated rings. The van der Waals surface area contributed by atoms with Crippen LogP contribution in [0, 0.1) is 11.7 Å². The lowest BCUT2D eigenvalue weighted by Crippen LogP contribution is -2.29. The highest BCUT2D eigenvalue weighted by atomic mass is 19.1. The van der Waals surface area contributed by atoms with E-state index < -0.39 is 29.5 Å². The first-order valence-electron chi connectivity index (χ1n) is 10.3. The third kappa shape index (κ3) is 3.65. The van der Waals surface area contributed by atoms with Gasteiger partial charge in [0.1, 0.15) is 11.6 Å². The van der Waals surface area contributed by atoms with Crippen LogP contribution in [0.3, 0.4) is 0 Å². The monoisotopic (exact) mass is 444 g/mol. The van der Waals surface area contributed by atoms with Gasteiger partial charge in [-0.1, -0.05) is 18.2 Å². The van der Waals surface area contributed by atoms with Crippen LogP contribution in [0.4, 0.5) is 15.8 Å². The van der Waals surface area contributed by atoms with Gasteiger partial charge in [-0.3, -0.25) is 19.2 Å². The molecule has 8 heteroatoms. The average Bonchev–Trinajstić information content (AvgIpc) is 3.32. The fourth-order valence-electron chi connectivity index (χ4n) is 4.05. The molecule has 0 aliphatic carbocycles. The molecule has 0 unspecified atom stereocenters. The van der Waals surface area contributed by atoms with Crippen LogP contribution in [-0.2, 0) is 9.59 Å². The van der Waals surface area contributed by atoms with Crippen molar-refractivity contribution in [2.24, 2.45) is 5.92 Å². The van der Waals surface area contributed by atoms with E-state index in [1.165, 1.54) is 41.3 Å². The Morgan fingerprint density at radius 3 is 2.18 bits per heavy atom. The first kappa shape index (κ1) is 20.6. The van der Waals surface area contributed by atoms with E-state index in [4.69, 9.17) is 4.74 Å². The molecule has 3 aromatic carbocycles. The third-order valence-corrected chi connectivity index (χ3v) is 5.68. The maximum absolute atomic E-state index is 13.2. The quantitative estimate of drug-likeness (QED) is 0.349. The topological polar surface area (TPSA) is 84.0 Å². The van der Waals surface area contributed by atoms with Crippen molar-refractivity contribution in [3.05, 3.63) is 89.7 Å². The first-order valence-corrected chi connectivity index (χ1v) is 10.3. The minimum atomic E-state index is -0.703. The first-order chi connectivity index (χ1) is 15.9. The fourth-order valence-corrected chi connectivity index (χ4v) is 4.05. The number of halogens is 1. The van der Waals surface area contributed by atoms with E-state index in [0.29, 0.717) is 16.8 Å². The standard InChI is InChI=1S/C25H17FN2O5/c26-16-8-10-17(11-9-16)27-14-15(12-22(27)29)25(32)33-19-5-3-4-18(13-19)28-23(30)20-6-1-2-7-21(20)24(28)31/h1-11,13,15H,12,14H2/t15-/m1/s1. The zero-order valence-electron chi connectivity index (χ0n) is 17.2. The Hall–Kier alpha value is -4.33. The number of carbonyl (C=O) groups excluding carboxylic acids is 4. The van der Waals surface area contributed by atoms with Crippen LogP contribution < -0.4 is 14.5 Å². The minimum absolute atomic E-state index is 0.0334. The van der Waals surface area contributed by atoms with Gasteiger partial charge in [-0.2, -0.15) is 0 Å². The van der Waals surface area contributed by atoms with Gasteiger partial charge < -0.3 is 9.64 Å². The zero-order chi connectivity index (χ0) is 23.1. The summed E-state index contributed by atoms with van der Waals surface area (Å²) in [5, 5.41) is 0. The highest BCUT2D eigenvalue weighted by molar-refractivity contribution is 6.34. The average molecular weight is 444 g/mol. The van der Waals surface area contributed by atoms with Gasteiger partial charge in [0.25, 0.3) is 11.8 Å². The Balaban J connectivity index is 1.31. The van der Waals surface area contributed by atoms with Gasteiger partial charge in [0.05, 0.1) is 22.7 Å². The summed E-state index contributed by atoms with van der Waals surface area (Å²) in [6.07, 6.45) is -0.0334. The van der Waals surface area contributed by atoms with Crippen LogP contribution in [0.1, 0.15) is 27.1 Å². The SMILES string of the molecule is O=C(Oc1cccc(N2C(=O)c3ccccc3C2=O)c1)[C@@H]1CC(=O)N(c2ccc(F)cc2)C1. The second-order valence-electron chi connectivity index (χ2n) is 7.79.